The van der Waals surface area contributed by atoms with Gasteiger partial charge in [-0.15, -0.1) is 16.8 Å². The van der Waals surface area contributed by atoms with E-state index in [-0.39, 0.29) is 0 Å². The van der Waals surface area contributed by atoms with Crippen molar-refractivity contribution in [2.75, 3.05) is 0 Å². The maximum Gasteiger partial charge on any atom is 0.192 e. The predicted molar refractivity (Wildman–Crippen MR) is 99.5 cm³/mol. The fourth-order valence-electron chi connectivity index (χ4n) is 2.18. The minimum absolute atomic E-state index is 0.555. The molecule has 0 bridgehead atoms. The molecule has 4 nitrogen and oxygen atoms in total. The lowest BCUT2D eigenvalue weighted by molar-refractivity contribution is 0.731. The maximum absolute atomic E-state index is 6.07. The number of pyridine rings is 1. The number of hydrogen-bond acceptors (Lipinski definition) is 4. The summed E-state index contributed by atoms with van der Waals surface area (Å²) in [6, 6.07) is 9.46. The van der Waals surface area contributed by atoms with E-state index < -0.39 is 0 Å². The standard InChI is InChI=1S/C17H14Cl2N4S/c1-2-9-23-16(13-5-7-20-8-6-13)21-22-17(23)24-11-12-3-4-14(18)15(19)10-12/h2-8,10H,1,9,11H2. The molecule has 7 heteroatoms. The van der Waals surface area contributed by atoms with E-state index in [9.17, 15) is 0 Å². The number of nitrogens with zero attached hydrogens (tertiary/aromatic N) is 4. The van der Waals surface area contributed by atoms with Crippen molar-refractivity contribution in [2.24, 2.45) is 0 Å². The largest absolute Gasteiger partial charge is 0.298 e. The van der Waals surface area contributed by atoms with E-state index in [1.807, 2.05) is 34.9 Å². The molecule has 24 heavy (non-hydrogen) atoms. The molecule has 0 atom stereocenters. The number of hydrogen-bond donors (Lipinski definition) is 0. The molecule has 2 heterocycles. The molecule has 122 valence electrons. The summed E-state index contributed by atoms with van der Waals surface area (Å²) in [5, 5.41) is 10.6. The third-order valence-corrected chi connectivity index (χ3v) is 5.10. The van der Waals surface area contributed by atoms with Crippen LogP contribution in [0.15, 0.2) is 60.5 Å². The van der Waals surface area contributed by atoms with Gasteiger partial charge in [0.05, 0.1) is 10.0 Å². The molecule has 0 fully saturated rings. The van der Waals surface area contributed by atoms with Gasteiger partial charge in [-0.25, -0.2) is 0 Å². The van der Waals surface area contributed by atoms with Crippen molar-refractivity contribution in [3.63, 3.8) is 0 Å². The number of halogens is 2. The van der Waals surface area contributed by atoms with Crippen molar-refractivity contribution < 1.29 is 0 Å². The highest BCUT2D eigenvalue weighted by molar-refractivity contribution is 7.98. The Morgan fingerprint density at radius 3 is 2.58 bits per heavy atom. The van der Waals surface area contributed by atoms with Gasteiger partial charge in [-0.1, -0.05) is 47.1 Å². The molecule has 0 N–H and O–H groups in total. The van der Waals surface area contributed by atoms with Crippen LogP contribution < -0.4 is 0 Å². The quantitative estimate of drug-likeness (QED) is 0.442. The van der Waals surface area contributed by atoms with Crippen molar-refractivity contribution in [3.05, 3.63) is 71.0 Å². The second-order valence-electron chi connectivity index (χ2n) is 4.98. The highest BCUT2D eigenvalue weighted by Gasteiger charge is 2.13. The van der Waals surface area contributed by atoms with Gasteiger partial charge in [0.1, 0.15) is 0 Å². The summed E-state index contributed by atoms with van der Waals surface area (Å²) in [5.41, 5.74) is 2.05. The SMILES string of the molecule is C=CCn1c(SCc2ccc(Cl)c(Cl)c2)nnc1-c1ccncc1. The Kier molecular flexibility index (Phi) is 5.56. The summed E-state index contributed by atoms with van der Waals surface area (Å²) >= 11 is 13.6. The summed E-state index contributed by atoms with van der Waals surface area (Å²) < 4.78 is 2.03. The summed E-state index contributed by atoms with van der Waals surface area (Å²) in [7, 11) is 0. The first-order chi connectivity index (χ1) is 11.7. The Morgan fingerprint density at radius 1 is 1.08 bits per heavy atom. The molecule has 0 aliphatic rings. The minimum atomic E-state index is 0.555. The molecule has 0 spiro atoms. The monoisotopic (exact) mass is 376 g/mol. The molecule has 2 aromatic heterocycles. The number of thioether (sulfide) groups is 1. The zero-order chi connectivity index (χ0) is 16.9. The first kappa shape index (κ1) is 17.0. The van der Waals surface area contributed by atoms with Crippen molar-refractivity contribution in [3.8, 4) is 11.4 Å². The maximum atomic E-state index is 6.07. The van der Waals surface area contributed by atoms with Crippen LogP contribution in [0.25, 0.3) is 11.4 Å². The molecular formula is C17H14Cl2N4S. The van der Waals surface area contributed by atoms with Crippen LogP contribution in [0.4, 0.5) is 0 Å². The van der Waals surface area contributed by atoms with Crippen molar-refractivity contribution >= 4 is 35.0 Å². The van der Waals surface area contributed by atoms with E-state index in [4.69, 9.17) is 23.2 Å². The van der Waals surface area contributed by atoms with Crippen LogP contribution in [0.5, 0.6) is 0 Å². The van der Waals surface area contributed by atoms with E-state index in [1.54, 1.807) is 30.2 Å². The van der Waals surface area contributed by atoms with Gasteiger partial charge < -0.3 is 0 Å². The smallest absolute Gasteiger partial charge is 0.192 e. The van der Waals surface area contributed by atoms with Crippen LogP contribution in [-0.2, 0) is 12.3 Å². The van der Waals surface area contributed by atoms with E-state index >= 15 is 0 Å². The van der Waals surface area contributed by atoms with E-state index in [0.29, 0.717) is 16.6 Å². The predicted octanol–water partition coefficient (Wildman–Crippen LogP) is 5.13. The van der Waals surface area contributed by atoms with E-state index in [0.717, 1.165) is 27.9 Å². The molecule has 0 aliphatic heterocycles. The molecule has 0 saturated heterocycles. The van der Waals surface area contributed by atoms with Gasteiger partial charge in [0.2, 0.25) is 0 Å². The van der Waals surface area contributed by atoms with Crippen LogP contribution in [0.1, 0.15) is 5.56 Å². The van der Waals surface area contributed by atoms with Crippen molar-refractivity contribution in [1.82, 2.24) is 19.7 Å². The fraction of sp³-hybridized carbons (Fsp3) is 0.118. The molecule has 1 aromatic carbocycles. The lowest BCUT2D eigenvalue weighted by Crippen LogP contribution is -2.00. The Morgan fingerprint density at radius 2 is 1.88 bits per heavy atom. The normalized spacial score (nSPS) is 10.8. The van der Waals surface area contributed by atoms with Gasteiger partial charge in [-0.05, 0) is 29.8 Å². The lowest BCUT2D eigenvalue weighted by Gasteiger charge is -2.08. The summed E-state index contributed by atoms with van der Waals surface area (Å²) in [4.78, 5) is 4.04. The highest BCUT2D eigenvalue weighted by atomic mass is 35.5. The first-order valence-corrected chi connectivity index (χ1v) is 8.94. The molecule has 0 saturated carbocycles. The number of allylic oxidation sites excluding steroid dienone is 1. The Labute approximate surface area is 154 Å². The summed E-state index contributed by atoms with van der Waals surface area (Å²) in [5.74, 6) is 1.52. The summed E-state index contributed by atoms with van der Waals surface area (Å²) in [6.07, 6.45) is 5.31. The molecule has 0 amide bonds. The zero-order valence-corrected chi connectivity index (χ0v) is 15.0. The average molecular weight is 377 g/mol. The highest BCUT2D eigenvalue weighted by Crippen LogP contribution is 2.29. The minimum Gasteiger partial charge on any atom is -0.298 e. The first-order valence-electron chi connectivity index (χ1n) is 7.20. The third kappa shape index (κ3) is 3.80. The molecule has 0 radical (unpaired) electrons. The van der Waals surface area contributed by atoms with Crippen LogP contribution in [0, 0.1) is 0 Å². The molecule has 3 aromatic rings. The van der Waals surface area contributed by atoms with Crippen molar-refractivity contribution in [2.45, 2.75) is 17.5 Å². The van der Waals surface area contributed by atoms with Gasteiger partial charge >= 0.3 is 0 Å². The van der Waals surface area contributed by atoms with Gasteiger partial charge in [0, 0.05) is 30.3 Å². The van der Waals surface area contributed by atoms with Gasteiger partial charge in [-0.2, -0.15) is 0 Å². The lowest BCUT2D eigenvalue weighted by atomic mass is 10.2. The summed E-state index contributed by atoms with van der Waals surface area (Å²) in [6.45, 7) is 4.45. The van der Waals surface area contributed by atoms with Gasteiger partial charge in [0.25, 0.3) is 0 Å². The zero-order valence-electron chi connectivity index (χ0n) is 12.7. The molecule has 0 aliphatic carbocycles. The second kappa shape index (κ2) is 7.83. The van der Waals surface area contributed by atoms with Crippen LogP contribution >= 0.6 is 35.0 Å². The Bertz CT molecular complexity index is 849. The van der Waals surface area contributed by atoms with Gasteiger partial charge in [0.15, 0.2) is 11.0 Å². The average Bonchev–Trinajstić information content (AvgIpc) is 3.00. The molecule has 3 rings (SSSR count). The second-order valence-corrected chi connectivity index (χ2v) is 6.74. The number of benzene rings is 1. The number of rotatable bonds is 6. The fourth-order valence-corrected chi connectivity index (χ4v) is 3.39. The Hall–Kier alpha value is -1.82. The van der Waals surface area contributed by atoms with E-state index in [2.05, 4.69) is 21.8 Å². The van der Waals surface area contributed by atoms with Crippen LogP contribution in [-0.4, -0.2) is 19.7 Å². The molecular weight excluding hydrogens is 363 g/mol. The number of aromatic nitrogens is 4. The Balaban J connectivity index is 1.84. The topological polar surface area (TPSA) is 43.6 Å². The van der Waals surface area contributed by atoms with E-state index in [1.165, 1.54) is 0 Å². The van der Waals surface area contributed by atoms with Crippen molar-refractivity contribution in [1.29, 1.82) is 0 Å². The van der Waals surface area contributed by atoms with Gasteiger partial charge in [-0.3, -0.25) is 9.55 Å². The van der Waals surface area contributed by atoms with Crippen LogP contribution in [0.3, 0.4) is 0 Å². The molecule has 0 unspecified atom stereocenters. The third-order valence-electron chi connectivity index (χ3n) is 3.32. The van der Waals surface area contributed by atoms with Crippen LogP contribution in [0.2, 0.25) is 10.0 Å².